The molecule has 2 aliphatic rings. The molecule has 0 saturated heterocycles. The number of fused-ring (bicyclic) bond motifs is 5. The van der Waals surface area contributed by atoms with Crippen molar-refractivity contribution in [1.82, 2.24) is 5.10 Å². The molecule has 0 aromatic carbocycles. The predicted molar refractivity (Wildman–Crippen MR) is 56.3 cm³/mol. The molecule has 0 aliphatic heterocycles. The molecule has 0 unspecified atom stereocenters. The lowest BCUT2D eigenvalue weighted by Crippen LogP contribution is -2.31. The molecule has 0 spiro atoms. The molecule has 0 radical (unpaired) electrons. The summed E-state index contributed by atoms with van der Waals surface area (Å²) in [7, 11) is 0. The molecular formula is C12H14N2O. The zero-order chi connectivity index (χ0) is 10.6. The van der Waals surface area contributed by atoms with E-state index in [-0.39, 0.29) is 0 Å². The maximum absolute atomic E-state index is 11.2. The number of nitrogens with zero attached hydrogens (tertiary/aromatic N) is 2. The Kier molecular flexibility index (Phi) is 1.67. The second kappa shape index (κ2) is 2.81. The van der Waals surface area contributed by atoms with E-state index in [1.54, 1.807) is 12.4 Å². The van der Waals surface area contributed by atoms with Crippen molar-refractivity contribution in [2.75, 3.05) is 0 Å². The molecule has 15 heavy (non-hydrogen) atoms. The summed E-state index contributed by atoms with van der Waals surface area (Å²) < 4.78 is 0. The standard InChI is InChI=1S/C12H14N2O/c1-7(2)12-8-3-4-9(12)11-6-14(15)13-5-10(8)11/h5-6,8-9H,3-4H2,1-2H3/t8-,9+/m1/s1. The maximum atomic E-state index is 11.2. The lowest BCUT2D eigenvalue weighted by molar-refractivity contribution is -0.669. The fraction of sp³-hybridized carbons (Fsp3) is 0.500. The topological polar surface area (TPSA) is 39.8 Å². The molecule has 3 nitrogen and oxygen atoms in total. The summed E-state index contributed by atoms with van der Waals surface area (Å²) in [6.07, 6.45) is 5.84. The summed E-state index contributed by atoms with van der Waals surface area (Å²) in [6.45, 7) is 4.34. The van der Waals surface area contributed by atoms with E-state index in [9.17, 15) is 5.21 Å². The van der Waals surface area contributed by atoms with Crippen molar-refractivity contribution in [3.05, 3.63) is 39.9 Å². The van der Waals surface area contributed by atoms with Crippen molar-refractivity contribution < 1.29 is 4.85 Å². The van der Waals surface area contributed by atoms with E-state index in [1.165, 1.54) is 35.1 Å². The average molecular weight is 202 g/mol. The molecule has 1 heterocycles. The normalized spacial score (nSPS) is 26.9. The molecule has 2 atom stereocenters. The van der Waals surface area contributed by atoms with Gasteiger partial charge in [-0.05, 0) is 32.3 Å². The van der Waals surface area contributed by atoms with Crippen molar-refractivity contribution >= 4 is 0 Å². The molecule has 3 rings (SSSR count). The van der Waals surface area contributed by atoms with Crippen LogP contribution in [-0.4, -0.2) is 5.10 Å². The minimum atomic E-state index is 0.498. The van der Waals surface area contributed by atoms with Gasteiger partial charge in [0.2, 0.25) is 6.20 Å². The molecular weight excluding hydrogens is 188 g/mol. The van der Waals surface area contributed by atoms with Crippen molar-refractivity contribution in [3.63, 3.8) is 0 Å². The van der Waals surface area contributed by atoms with E-state index in [2.05, 4.69) is 18.9 Å². The van der Waals surface area contributed by atoms with Crippen LogP contribution < -0.4 is 4.85 Å². The van der Waals surface area contributed by atoms with Crippen LogP contribution in [0.3, 0.4) is 0 Å². The lowest BCUT2D eigenvalue weighted by atomic mass is 9.95. The number of allylic oxidation sites excluding steroid dienone is 2. The van der Waals surface area contributed by atoms with Gasteiger partial charge in [-0.25, -0.2) is 0 Å². The van der Waals surface area contributed by atoms with Crippen LogP contribution in [0.5, 0.6) is 0 Å². The molecule has 0 N–H and O–H groups in total. The Balaban J connectivity index is 2.22. The van der Waals surface area contributed by atoms with Gasteiger partial charge in [-0.2, -0.15) is 0 Å². The van der Waals surface area contributed by atoms with Crippen molar-refractivity contribution in [1.29, 1.82) is 0 Å². The van der Waals surface area contributed by atoms with E-state index < -0.39 is 0 Å². The minimum absolute atomic E-state index is 0.498. The zero-order valence-electron chi connectivity index (χ0n) is 9.03. The predicted octanol–water partition coefficient (Wildman–Crippen LogP) is 2.03. The SMILES string of the molecule is CC(C)=C1[C@H]2CC[C@@H]1c1cn[n+]([O-])cc12. The van der Waals surface area contributed by atoms with Gasteiger partial charge in [-0.1, -0.05) is 16.0 Å². The molecule has 2 bridgehead atoms. The van der Waals surface area contributed by atoms with Gasteiger partial charge in [0.25, 0.3) is 0 Å². The van der Waals surface area contributed by atoms with E-state index in [0.29, 0.717) is 16.7 Å². The second-order valence-electron chi connectivity index (χ2n) is 4.72. The zero-order valence-corrected chi connectivity index (χ0v) is 9.03. The van der Waals surface area contributed by atoms with Gasteiger partial charge in [-0.15, -0.1) is 0 Å². The highest BCUT2D eigenvalue weighted by Crippen LogP contribution is 2.57. The van der Waals surface area contributed by atoms with Crippen LogP contribution in [-0.2, 0) is 0 Å². The lowest BCUT2D eigenvalue weighted by Gasteiger charge is -2.10. The smallest absolute Gasteiger partial charge is 0.213 e. The summed E-state index contributed by atoms with van der Waals surface area (Å²) in [5.41, 5.74) is 5.45. The van der Waals surface area contributed by atoms with Crippen LogP contribution in [0.2, 0.25) is 0 Å². The highest BCUT2D eigenvalue weighted by atomic mass is 16.5. The first-order chi connectivity index (χ1) is 7.18. The van der Waals surface area contributed by atoms with Gasteiger partial charge in [0.15, 0.2) is 0 Å². The summed E-state index contributed by atoms with van der Waals surface area (Å²) in [6, 6.07) is 0. The van der Waals surface area contributed by atoms with Crippen LogP contribution >= 0.6 is 0 Å². The third kappa shape index (κ3) is 1.06. The second-order valence-corrected chi connectivity index (χ2v) is 4.72. The van der Waals surface area contributed by atoms with E-state index in [4.69, 9.17) is 0 Å². The Morgan fingerprint density at radius 3 is 2.67 bits per heavy atom. The minimum Gasteiger partial charge on any atom is -0.594 e. The third-order valence-corrected chi connectivity index (χ3v) is 3.72. The van der Waals surface area contributed by atoms with Gasteiger partial charge in [0.05, 0.1) is 0 Å². The van der Waals surface area contributed by atoms with Gasteiger partial charge in [0, 0.05) is 22.5 Å². The first-order valence-electron chi connectivity index (χ1n) is 5.45. The summed E-state index contributed by atoms with van der Waals surface area (Å²) >= 11 is 0. The van der Waals surface area contributed by atoms with Crippen LogP contribution in [0.25, 0.3) is 0 Å². The van der Waals surface area contributed by atoms with Gasteiger partial charge in [-0.3, -0.25) is 0 Å². The molecule has 0 amide bonds. The Morgan fingerprint density at radius 2 is 2.00 bits per heavy atom. The molecule has 3 heteroatoms. The number of rotatable bonds is 0. The quantitative estimate of drug-likeness (QED) is 0.367. The molecule has 1 fully saturated rings. The monoisotopic (exact) mass is 202 g/mol. The molecule has 78 valence electrons. The Bertz CT molecular complexity index is 461. The first kappa shape index (κ1) is 8.89. The van der Waals surface area contributed by atoms with Gasteiger partial charge >= 0.3 is 0 Å². The highest BCUT2D eigenvalue weighted by Gasteiger charge is 2.43. The van der Waals surface area contributed by atoms with Gasteiger partial charge in [0.1, 0.15) is 6.20 Å². The van der Waals surface area contributed by atoms with Crippen LogP contribution in [0.15, 0.2) is 23.5 Å². The van der Waals surface area contributed by atoms with E-state index >= 15 is 0 Å². The van der Waals surface area contributed by atoms with E-state index in [1.807, 2.05) is 0 Å². The Hall–Kier alpha value is -1.38. The molecule has 1 aromatic rings. The number of hydrogen-bond donors (Lipinski definition) is 0. The van der Waals surface area contributed by atoms with Crippen molar-refractivity contribution in [3.8, 4) is 0 Å². The number of hydrogen-bond acceptors (Lipinski definition) is 2. The summed E-state index contributed by atoms with van der Waals surface area (Å²) in [4.78, 5) is 0.683. The first-order valence-corrected chi connectivity index (χ1v) is 5.45. The maximum Gasteiger partial charge on any atom is 0.213 e. The van der Waals surface area contributed by atoms with Gasteiger partial charge < -0.3 is 5.21 Å². The molecule has 1 aromatic heterocycles. The molecule has 1 saturated carbocycles. The van der Waals surface area contributed by atoms with Crippen LogP contribution in [0, 0.1) is 5.21 Å². The van der Waals surface area contributed by atoms with Crippen molar-refractivity contribution in [2.24, 2.45) is 0 Å². The van der Waals surface area contributed by atoms with Crippen LogP contribution in [0.4, 0.5) is 0 Å². The highest BCUT2D eigenvalue weighted by molar-refractivity contribution is 5.51. The summed E-state index contributed by atoms with van der Waals surface area (Å²) in [5.74, 6) is 1.04. The fourth-order valence-corrected chi connectivity index (χ4v) is 3.23. The Labute approximate surface area is 89.0 Å². The summed E-state index contributed by atoms with van der Waals surface area (Å²) in [5, 5.41) is 15.0. The third-order valence-electron chi connectivity index (χ3n) is 3.72. The fourth-order valence-electron chi connectivity index (χ4n) is 3.23. The van der Waals surface area contributed by atoms with E-state index in [0.717, 1.165) is 0 Å². The Morgan fingerprint density at radius 1 is 1.33 bits per heavy atom. The van der Waals surface area contributed by atoms with Crippen LogP contribution in [0.1, 0.15) is 49.7 Å². The average Bonchev–Trinajstić information content (AvgIpc) is 2.72. The molecule has 2 aliphatic carbocycles. The largest absolute Gasteiger partial charge is 0.594 e. The number of aromatic nitrogens is 2. The van der Waals surface area contributed by atoms with Crippen molar-refractivity contribution in [2.45, 2.75) is 38.5 Å².